The van der Waals surface area contributed by atoms with Crippen LogP contribution in [0.1, 0.15) is 18.1 Å². The predicted octanol–water partition coefficient (Wildman–Crippen LogP) is 3.14. The van der Waals surface area contributed by atoms with Crippen molar-refractivity contribution in [1.29, 1.82) is 0 Å². The van der Waals surface area contributed by atoms with Crippen LogP contribution in [0.5, 0.6) is 17.2 Å². The summed E-state index contributed by atoms with van der Waals surface area (Å²) in [5.74, 6) is 2.16. The molecule has 0 saturated carbocycles. The SMILES string of the molecule is CCc1ccccc1OCCNC(=O)NCc1ccc(OC)c(OC)c1. The molecule has 2 rings (SSSR count). The standard InChI is InChI=1S/C20H26N2O4/c1-4-16-7-5-6-8-17(16)26-12-11-21-20(23)22-14-15-9-10-18(24-2)19(13-15)25-3/h5-10,13H,4,11-12,14H2,1-3H3,(H2,21,22,23). The largest absolute Gasteiger partial charge is 0.493 e. The number of amides is 2. The van der Waals surface area contributed by atoms with E-state index in [4.69, 9.17) is 14.2 Å². The van der Waals surface area contributed by atoms with Crippen LogP contribution in [0.15, 0.2) is 42.5 Å². The van der Waals surface area contributed by atoms with Crippen molar-refractivity contribution in [3.05, 3.63) is 53.6 Å². The summed E-state index contributed by atoms with van der Waals surface area (Å²) in [5.41, 5.74) is 2.08. The third kappa shape index (κ3) is 5.58. The average Bonchev–Trinajstić information content (AvgIpc) is 2.69. The maximum atomic E-state index is 11.9. The molecule has 2 aromatic carbocycles. The van der Waals surface area contributed by atoms with Gasteiger partial charge in [-0.2, -0.15) is 0 Å². The molecule has 0 spiro atoms. The van der Waals surface area contributed by atoms with Crippen LogP contribution in [-0.4, -0.2) is 33.4 Å². The second kappa shape index (κ2) is 10.2. The fraction of sp³-hybridized carbons (Fsp3) is 0.350. The van der Waals surface area contributed by atoms with Crippen LogP contribution in [0.2, 0.25) is 0 Å². The number of urea groups is 1. The Morgan fingerprint density at radius 3 is 2.46 bits per heavy atom. The van der Waals surface area contributed by atoms with Crippen LogP contribution in [0.4, 0.5) is 4.79 Å². The number of rotatable bonds is 9. The third-order valence-corrected chi connectivity index (χ3v) is 3.90. The van der Waals surface area contributed by atoms with Crippen LogP contribution in [0, 0.1) is 0 Å². The van der Waals surface area contributed by atoms with Gasteiger partial charge in [-0.3, -0.25) is 0 Å². The number of carbonyl (C=O) groups is 1. The van der Waals surface area contributed by atoms with Crippen LogP contribution in [-0.2, 0) is 13.0 Å². The summed E-state index contributed by atoms with van der Waals surface area (Å²) in [6.07, 6.45) is 0.912. The van der Waals surface area contributed by atoms with Crippen LogP contribution < -0.4 is 24.8 Å². The zero-order valence-electron chi connectivity index (χ0n) is 15.5. The molecule has 6 heteroatoms. The van der Waals surface area contributed by atoms with Crippen molar-refractivity contribution in [3.63, 3.8) is 0 Å². The molecule has 2 aromatic rings. The molecule has 0 saturated heterocycles. The fourth-order valence-corrected chi connectivity index (χ4v) is 2.50. The highest BCUT2D eigenvalue weighted by molar-refractivity contribution is 5.73. The monoisotopic (exact) mass is 358 g/mol. The van der Waals surface area contributed by atoms with Gasteiger partial charge in [0.2, 0.25) is 0 Å². The lowest BCUT2D eigenvalue weighted by Gasteiger charge is -2.12. The summed E-state index contributed by atoms with van der Waals surface area (Å²) in [6.45, 7) is 3.32. The molecule has 0 aliphatic rings. The third-order valence-electron chi connectivity index (χ3n) is 3.90. The van der Waals surface area contributed by atoms with Gasteiger partial charge in [-0.25, -0.2) is 4.79 Å². The number of nitrogens with one attached hydrogen (secondary N) is 2. The number of aryl methyl sites for hydroxylation is 1. The Balaban J connectivity index is 1.72. The van der Waals surface area contributed by atoms with E-state index < -0.39 is 0 Å². The second-order valence-electron chi connectivity index (χ2n) is 5.61. The van der Waals surface area contributed by atoms with Crippen LogP contribution >= 0.6 is 0 Å². The molecule has 26 heavy (non-hydrogen) atoms. The Labute approximate surface area is 154 Å². The van der Waals surface area contributed by atoms with Gasteiger partial charge in [-0.1, -0.05) is 31.2 Å². The van der Waals surface area contributed by atoms with Gasteiger partial charge in [0.25, 0.3) is 0 Å². The van der Waals surface area contributed by atoms with Gasteiger partial charge in [-0.15, -0.1) is 0 Å². The fourth-order valence-electron chi connectivity index (χ4n) is 2.50. The molecule has 140 valence electrons. The number of hydrogen-bond acceptors (Lipinski definition) is 4. The van der Waals surface area contributed by atoms with Crippen molar-refractivity contribution in [2.45, 2.75) is 19.9 Å². The number of hydrogen-bond donors (Lipinski definition) is 2. The molecular weight excluding hydrogens is 332 g/mol. The Bertz CT molecular complexity index is 719. The Kier molecular flexibility index (Phi) is 7.61. The lowest BCUT2D eigenvalue weighted by atomic mass is 10.1. The highest BCUT2D eigenvalue weighted by Gasteiger charge is 2.06. The molecule has 0 fully saturated rings. The summed E-state index contributed by atoms with van der Waals surface area (Å²) < 4.78 is 16.2. The molecule has 0 radical (unpaired) electrons. The molecule has 0 bridgehead atoms. The summed E-state index contributed by atoms with van der Waals surface area (Å²) >= 11 is 0. The molecule has 0 aromatic heterocycles. The lowest BCUT2D eigenvalue weighted by Crippen LogP contribution is -2.37. The molecular formula is C20H26N2O4. The van der Waals surface area contributed by atoms with Crippen molar-refractivity contribution in [2.75, 3.05) is 27.4 Å². The molecule has 2 N–H and O–H groups in total. The van der Waals surface area contributed by atoms with E-state index in [1.807, 2.05) is 42.5 Å². The Morgan fingerprint density at radius 1 is 0.962 bits per heavy atom. The smallest absolute Gasteiger partial charge is 0.315 e. The first-order valence-electron chi connectivity index (χ1n) is 8.61. The molecule has 0 aliphatic heterocycles. The molecule has 0 heterocycles. The number of para-hydroxylation sites is 1. The van der Waals surface area contributed by atoms with E-state index in [1.165, 1.54) is 0 Å². The van der Waals surface area contributed by atoms with Crippen LogP contribution in [0.25, 0.3) is 0 Å². The quantitative estimate of drug-likeness (QED) is 0.676. The predicted molar refractivity (Wildman–Crippen MR) is 101 cm³/mol. The Morgan fingerprint density at radius 2 is 1.73 bits per heavy atom. The minimum atomic E-state index is -0.243. The van der Waals surface area contributed by atoms with Crippen LogP contribution in [0.3, 0.4) is 0 Å². The molecule has 0 unspecified atom stereocenters. The number of carbonyl (C=O) groups excluding carboxylic acids is 1. The normalized spacial score (nSPS) is 10.1. The van der Waals surface area contributed by atoms with E-state index in [0.717, 1.165) is 23.3 Å². The maximum Gasteiger partial charge on any atom is 0.315 e. The van der Waals surface area contributed by atoms with Gasteiger partial charge >= 0.3 is 6.03 Å². The van der Waals surface area contributed by atoms with Crippen molar-refractivity contribution in [2.24, 2.45) is 0 Å². The van der Waals surface area contributed by atoms with E-state index in [0.29, 0.717) is 31.2 Å². The minimum absolute atomic E-state index is 0.243. The van der Waals surface area contributed by atoms with E-state index in [-0.39, 0.29) is 6.03 Å². The summed E-state index contributed by atoms with van der Waals surface area (Å²) in [7, 11) is 3.17. The number of methoxy groups -OCH3 is 2. The first-order valence-corrected chi connectivity index (χ1v) is 8.61. The molecule has 0 aliphatic carbocycles. The molecule has 2 amide bonds. The van der Waals surface area contributed by atoms with Crippen molar-refractivity contribution < 1.29 is 19.0 Å². The number of ether oxygens (including phenoxy) is 3. The summed E-state index contributed by atoms with van der Waals surface area (Å²) in [6, 6.07) is 13.2. The van der Waals surface area contributed by atoms with Crippen molar-refractivity contribution in [3.8, 4) is 17.2 Å². The van der Waals surface area contributed by atoms with Crippen molar-refractivity contribution >= 4 is 6.03 Å². The van der Waals surface area contributed by atoms with Gasteiger partial charge in [0.05, 0.1) is 20.8 Å². The first-order chi connectivity index (χ1) is 12.7. The van der Waals surface area contributed by atoms with Gasteiger partial charge in [0.15, 0.2) is 11.5 Å². The molecule has 6 nitrogen and oxygen atoms in total. The summed E-state index contributed by atoms with van der Waals surface area (Å²) in [5, 5.41) is 5.59. The van der Waals surface area contributed by atoms with Crippen molar-refractivity contribution in [1.82, 2.24) is 10.6 Å². The summed E-state index contributed by atoms with van der Waals surface area (Å²) in [4.78, 5) is 11.9. The van der Waals surface area contributed by atoms with Gasteiger partial charge in [0, 0.05) is 6.54 Å². The maximum absolute atomic E-state index is 11.9. The molecule has 0 atom stereocenters. The average molecular weight is 358 g/mol. The second-order valence-corrected chi connectivity index (χ2v) is 5.61. The highest BCUT2D eigenvalue weighted by Crippen LogP contribution is 2.27. The van der Waals surface area contributed by atoms with Gasteiger partial charge in [0.1, 0.15) is 12.4 Å². The first kappa shape index (κ1) is 19.4. The minimum Gasteiger partial charge on any atom is -0.493 e. The van der Waals surface area contributed by atoms with E-state index in [2.05, 4.69) is 17.6 Å². The van der Waals surface area contributed by atoms with Gasteiger partial charge < -0.3 is 24.8 Å². The zero-order valence-corrected chi connectivity index (χ0v) is 15.5. The van der Waals surface area contributed by atoms with E-state index in [9.17, 15) is 4.79 Å². The topological polar surface area (TPSA) is 68.8 Å². The van der Waals surface area contributed by atoms with E-state index >= 15 is 0 Å². The highest BCUT2D eigenvalue weighted by atomic mass is 16.5. The zero-order chi connectivity index (χ0) is 18.8. The van der Waals surface area contributed by atoms with Gasteiger partial charge in [-0.05, 0) is 35.7 Å². The number of benzene rings is 2. The van der Waals surface area contributed by atoms with E-state index in [1.54, 1.807) is 14.2 Å². The lowest BCUT2D eigenvalue weighted by molar-refractivity contribution is 0.236. The Hall–Kier alpha value is -2.89.